The van der Waals surface area contributed by atoms with E-state index in [0.717, 1.165) is 16.7 Å². The zero-order valence-electron chi connectivity index (χ0n) is 26.2. The quantitative estimate of drug-likeness (QED) is 0.161. The summed E-state index contributed by atoms with van der Waals surface area (Å²) in [5.41, 5.74) is 3.56. The number of hydrogen-bond donors (Lipinski definition) is 0. The molecule has 0 aromatic heterocycles. The number of hydrogen-bond acceptors (Lipinski definition) is 5. The number of anilines is 1. The Hall–Kier alpha value is -7.65. The zero-order chi connectivity index (χ0) is 34.7. The van der Waals surface area contributed by atoms with Gasteiger partial charge in [0.2, 0.25) is 0 Å². The van der Waals surface area contributed by atoms with E-state index in [0.29, 0.717) is 34.2 Å². The molecular weight excluding hydrogens is 622 g/mol. The summed E-state index contributed by atoms with van der Waals surface area (Å²) < 4.78 is 12.2. The Morgan fingerprint density at radius 1 is 0.580 bits per heavy atom. The third-order valence-electron chi connectivity index (χ3n) is 8.54. The maximum Gasteiger partial charge on any atom is 0.260 e. The summed E-state index contributed by atoms with van der Waals surface area (Å²) in [5.74, 6) is 1.71. The van der Waals surface area contributed by atoms with Crippen LogP contribution in [0.5, 0.6) is 23.0 Å². The van der Waals surface area contributed by atoms with Crippen molar-refractivity contribution in [3.05, 3.63) is 196 Å². The summed E-state index contributed by atoms with van der Waals surface area (Å²) >= 11 is 0. The summed E-state index contributed by atoms with van der Waals surface area (Å²) in [6.45, 7) is 14.7. The Balaban J connectivity index is 1.34. The number of para-hydroxylation sites is 1. The number of carbonyl (C=O) groups is 1. The molecule has 0 saturated carbocycles. The molecule has 8 heteroatoms. The molecule has 1 aliphatic heterocycles. The van der Waals surface area contributed by atoms with Crippen LogP contribution in [0.15, 0.2) is 140 Å². The minimum Gasteiger partial charge on any atom is -0.459 e. The van der Waals surface area contributed by atoms with Gasteiger partial charge in [0, 0.05) is 11.3 Å². The van der Waals surface area contributed by atoms with Crippen molar-refractivity contribution >= 4 is 23.0 Å². The predicted octanol–water partition coefficient (Wildman–Crippen LogP) is 10.1. The van der Waals surface area contributed by atoms with Gasteiger partial charge in [-0.15, -0.1) is 0 Å². The van der Waals surface area contributed by atoms with Crippen LogP contribution >= 0.6 is 0 Å². The van der Waals surface area contributed by atoms with Gasteiger partial charge in [-0.3, -0.25) is 14.5 Å². The van der Waals surface area contributed by atoms with Crippen LogP contribution in [0.4, 0.5) is 17.1 Å². The molecule has 50 heavy (non-hydrogen) atoms. The minimum absolute atomic E-state index is 0.152. The predicted molar refractivity (Wildman–Crippen MR) is 187 cm³/mol. The molecule has 234 valence electrons. The van der Waals surface area contributed by atoms with Crippen LogP contribution in [0.2, 0.25) is 0 Å². The number of benzene rings is 6. The highest BCUT2D eigenvalue weighted by Gasteiger charge is 2.52. The lowest BCUT2D eigenvalue weighted by Crippen LogP contribution is -2.46. The van der Waals surface area contributed by atoms with Crippen LogP contribution in [-0.2, 0) is 5.54 Å². The van der Waals surface area contributed by atoms with Gasteiger partial charge in [0.15, 0.2) is 11.4 Å². The second kappa shape index (κ2) is 12.9. The topological polar surface area (TPSA) is 95.1 Å². The number of rotatable bonds is 7. The van der Waals surface area contributed by atoms with Gasteiger partial charge in [0.25, 0.3) is 5.91 Å². The molecule has 1 atom stereocenters. The number of carbonyl (C=O) groups excluding carboxylic acids is 1. The van der Waals surface area contributed by atoms with Gasteiger partial charge in [0.1, 0.15) is 40.7 Å². The number of ether oxygens (including phenoxy) is 2. The normalized spacial score (nSPS) is 14.4. The van der Waals surface area contributed by atoms with Crippen LogP contribution in [0.3, 0.4) is 0 Å². The van der Waals surface area contributed by atoms with Gasteiger partial charge in [-0.2, -0.15) is 10.5 Å². The minimum atomic E-state index is -1.09. The first-order valence-corrected chi connectivity index (χ1v) is 15.4. The van der Waals surface area contributed by atoms with Gasteiger partial charge < -0.3 is 9.47 Å². The Labute approximate surface area is 288 Å². The molecule has 0 N–H and O–H groups in total. The summed E-state index contributed by atoms with van der Waals surface area (Å²) in [6, 6.07) is 45.6. The van der Waals surface area contributed by atoms with Crippen LogP contribution < -0.4 is 14.4 Å². The van der Waals surface area contributed by atoms with E-state index in [-0.39, 0.29) is 28.4 Å². The molecule has 1 unspecified atom stereocenters. The Kier molecular flexibility index (Phi) is 7.97. The van der Waals surface area contributed by atoms with Crippen molar-refractivity contribution in [2.75, 3.05) is 4.90 Å². The first-order valence-electron chi connectivity index (χ1n) is 15.4. The van der Waals surface area contributed by atoms with Crippen molar-refractivity contribution < 1.29 is 14.3 Å². The highest BCUT2D eigenvalue weighted by molar-refractivity contribution is 6.13. The van der Waals surface area contributed by atoms with Gasteiger partial charge >= 0.3 is 0 Å². The summed E-state index contributed by atoms with van der Waals surface area (Å²) in [6.07, 6.45) is 0. The second-order valence-electron chi connectivity index (χ2n) is 11.3. The molecule has 6 aromatic carbocycles. The lowest BCUT2D eigenvalue weighted by Gasteiger charge is -2.40. The fraction of sp³-hybridized carbons (Fsp3) is 0.0238. The van der Waals surface area contributed by atoms with Crippen molar-refractivity contribution in [2.45, 2.75) is 5.54 Å². The van der Waals surface area contributed by atoms with Crippen molar-refractivity contribution in [3.63, 3.8) is 0 Å². The number of nitrogens with zero attached hydrogens (tertiary/aromatic N) is 5. The fourth-order valence-electron chi connectivity index (χ4n) is 6.33. The van der Waals surface area contributed by atoms with E-state index in [1.165, 1.54) is 6.07 Å². The molecule has 1 amide bonds. The van der Waals surface area contributed by atoms with E-state index in [1.807, 2.05) is 120 Å². The van der Waals surface area contributed by atoms with E-state index in [2.05, 4.69) is 9.69 Å². The molecule has 8 nitrogen and oxygen atoms in total. The lowest BCUT2D eigenvalue weighted by atomic mass is 9.76. The number of nitriles is 2. The number of amides is 1. The van der Waals surface area contributed by atoms with Crippen LogP contribution in [-0.4, -0.2) is 5.91 Å². The lowest BCUT2D eigenvalue weighted by molar-refractivity contribution is 0.0986. The van der Waals surface area contributed by atoms with Crippen molar-refractivity contribution in [2.24, 2.45) is 0 Å². The SMILES string of the molecule is [C-]#[N+]c1ccc(Oc2ccc(C3(c4ccc(Oc5ccc(C#N)c(C#N)c5)cc4)c4ccccc4C(=O)N3c3ccccc3)cc2)cc1[N+]#[C-]. The first-order chi connectivity index (χ1) is 24.5. The van der Waals surface area contributed by atoms with E-state index in [9.17, 15) is 15.3 Å². The molecular formula is C42H23N5O3. The van der Waals surface area contributed by atoms with E-state index in [4.69, 9.17) is 22.6 Å². The third kappa shape index (κ3) is 5.23. The summed E-state index contributed by atoms with van der Waals surface area (Å²) in [7, 11) is 0. The van der Waals surface area contributed by atoms with Crippen LogP contribution in [0, 0.1) is 35.8 Å². The molecule has 0 radical (unpaired) electrons. The fourth-order valence-corrected chi connectivity index (χ4v) is 6.33. The highest BCUT2D eigenvalue weighted by Crippen LogP contribution is 2.51. The first kappa shape index (κ1) is 31.0. The van der Waals surface area contributed by atoms with E-state index < -0.39 is 5.54 Å². The Bertz CT molecular complexity index is 2330. The average Bonchev–Trinajstić information content (AvgIpc) is 3.44. The maximum absolute atomic E-state index is 14.4. The summed E-state index contributed by atoms with van der Waals surface area (Å²) in [4.78, 5) is 23.0. The van der Waals surface area contributed by atoms with Gasteiger partial charge in [-0.05, 0) is 89.5 Å². The summed E-state index contributed by atoms with van der Waals surface area (Å²) in [5, 5.41) is 18.8. The smallest absolute Gasteiger partial charge is 0.260 e. The van der Waals surface area contributed by atoms with Crippen LogP contribution in [0.25, 0.3) is 9.69 Å². The average molecular weight is 646 g/mol. The number of fused-ring (bicyclic) bond motifs is 1. The largest absolute Gasteiger partial charge is 0.459 e. The monoisotopic (exact) mass is 645 g/mol. The maximum atomic E-state index is 14.4. The Morgan fingerprint density at radius 3 is 1.72 bits per heavy atom. The highest BCUT2D eigenvalue weighted by atomic mass is 16.5. The van der Waals surface area contributed by atoms with Gasteiger partial charge in [-0.1, -0.05) is 66.7 Å². The van der Waals surface area contributed by atoms with Crippen molar-refractivity contribution in [3.8, 4) is 35.1 Å². The van der Waals surface area contributed by atoms with Crippen molar-refractivity contribution in [1.29, 1.82) is 10.5 Å². The standard InChI is InChI=1S/C42H23N5O3/c1-45-39-23-22-36(25-40(39)46-2)50-34-20-15-31(16-21-34)42(38-11-7-6-10-37(38)41(48)47(42)32-8-4-3-5-9-32)30-13-18-33(19-14-30)49-35-17-12-28(26-43)29(24-35)27-44/h3-25H. The van der Waals surface area contributed by atoms with Gasteiger partial charge in [-0.25, -0.2) is 4.85 Å². The molecule has 0 bridgehead atoms. The molecule has 1 aliphatic rings. The van der Waals surface area contributed by atoms with E-state index >= 15 is 0 Å². The molecule has 0 spiro atoms. The third-order valence-corrected chi connectivity index (χ3v) is 8.54. The molecule has 7 rings (SSSR count). The van der Waals surface area contributed by atoms with E-state index in [1.54, 1.807) is 30.3 Å². The van der Waals surface area contributed by atoms with Gasteiger partial charge in [0.05, 0.1) is 24.3 Å². The molecule has 1 heterocycles. The molecule has 0 aliphatic carbocycles. The molecule has 6 aromatic rings. The molecule has 0 fully saturated rings. The Morgan fingerprint density at radius 2 is 1.12 bits per heavy atom. The van der Waals surface area contributed by atoms with Crippen molar-refractivity contribution in [1.82, 2.24) is 0 Å². The molecule has 0 saturated heterocycles. The zero-order valence-corrected chi connectivity index (χ0v) is 26.2. The second-order valence-corrected chi connectivity index (χ2v) is 11.3. The van der Waals surface area contributed by atoms with Crippen LogP contribution in [0.1, 0.15) is 38.2 Å².